The maximum absolute atomic E-state index is 5.29. The van der Waals surface area contributed by atoms with E-state index in [0.29, 0.717) is 17.5 Å². The SMILES string of the molecule is c1ccc(-c2ccccc2-c2nc(-c3ccc(-n4c5ccccc5c5ccc6c7ccc8c9ccccc9n(-c9ccccc9)c8c7sc6c54)cc3)nc(-c3ccccc3-c3ccccc3)n2)cc1. The molecule has 0 saturated heterocycles. The van der Waals surface area contributed by atoms with Crippen LogP contribution in [0.3, 0.4) is 0 Å². The van der Waals surface area contributed by atoms with E-state index in [-0.39, 0.29) is 0 Å². The molecule has 322 valence electrons. The fraction of sp³-hybridized carbons (Fsp3) is 0. The maximum Gasteiger partial charge on any atom is 0.164 e. The van der Waals surface area contributed by atoms with E-state index in [9.17, 15) is 0 Å². The summed E-state index contributed by atoms with van der Waals surface area (Å²) in [4.78, 5) is 15.8. The second-order valence-corrected chi connectivity index (χ2v) is 18.5. The van der Waals surface area contributed by atoms with Crippen LogP contribution in [0.15, 0.2) is 237 Å². The van der Waals surface area contributed by atoms with Crippen LogP contribution in [-0.4, -0.2) is 24.1 Å². The summed E-state index contributed by atoms with van der Waals surface area (Å²) >= 11 is 1.90. The average Bonchev–Trinajstić information content (AvgIpc) is 4.10. The highest BCUT2D eigenvalue weighted by Gasteiger charge is 2.23. The van der Waals surface area contributed by atoms with Crippen LogP contribution in [0, 0.1) is 0 Å². The van der Waals surface area contributed by atoms with Gasteiger partial charge in [0, 0.05) is 60.4 Å². The maximum atomic E-state index is 5.29. The fourth-order valence-corrected chi connectivity index (χ4v) is 11.9. The number of fused-ring (bicyclic) bond motifs is 11. The van der Waals surface area contributed by atoms with Gasteiger partial charge in [-0.2, -0.15) is 0 Å². The van der Waals surface area contributed by atoms with Crippen molar-refractivity contribution in [2.75, 3.05) is 0 Å². The molecule has 0 aliphatic heterocycles. The second kappa shape index (κ2) is 15.8. The van der Waals surface area contributed by atoms with E-state index >= 15 is 0 Å². The molecule has 5 nitrogen and oxygen atoms in total. The van der Waals surface area contributed by atoms with Gasteiger partial charge in [-0.25, -0.2) is 15.0 Å². The molecule has 4 aromatic heterocycles. The molecule has 10 aromatic carbocycles. The number of nitrogens with zero attached hydrogens (tertiary/aromatic N) is 5. The topological polar surface area (TPSA) is 48.5 Å². The lowest BCUT2D eigenvalue weighted by Crippen LogP contribution is -2.02. The van der Waals surface area contributed by atoms with Crippen LogP contribution in [-0.2, 0) is 0 Å². The van der Waals surface area contributed by atoms with Crippen molar-refractivity contribution >= 4 is 75.1 Å². The summed E-state index contributed by atoms with van der Waals surface area (Å²) in [6.45, 7) is 0. The quantitative estimate of drug-likeness (QED) is 0.160. The lowest BCUT2D eigenvalue weighted by atomic mass is 9.98. The van der Waals surface area contributed by atoms with Crippen molar-refractivity contribution < 1.29 is 0 Å². The highest BCUT2D eigenvalue weighted by Crippen LogP contribution is 2.47. The number of benzene rings is 10. The molecule has 0 radical (unpaired) electrons. The molecule has 4 heterocycles. The lowest BCUT2D eigenvalue weighted by molar-refractivity contribution is 1.07. The smallest absolute Gasteiger partial charge is 0.164 e. The number of hydrogen-bond donors (Lipinski definition) is 0. The molecular formula is C63H39N5S. The van der Waals surface area contributed by atoms with Crippen molar-refractivity contribution in [2.24, 2.45) is 0 Å². The summed E-state index contributed by atoms with van der Waals surface area (Å²) in [5.41, 5.74) is 14.2. The lowest BCUT2D eigenvalue weighted by Gasteiger charge is -2.14. The molecule has 0 saturated carbocycles. The molecular weight excluding hydrogens is 859 g/mol. The monoisotopic (exact) mass is 897 g/mol. The standard InChI is InChI=1S/C63H39N5S/c1-4-18-40(19-5-1)45-24-10-12-28-53(45)62-64-61(65-63(66-62)54-29-13-11-25-46(54)41-20-6-2-7-21-41)42-32-34-44(35-33-42)68-56-31-17-15-27-48(56)50-37-39-52-51-38-36-49-47-26-14-16-30-55(47)67(43-22-8-3-9-23-43)57(49)59(51)69-60(52)58(50)68/h1-39H. The molecule has 0 aliphatic carbocycles. The van der Waals surface area contributed by atoms with Crippen LogP contribution in [0.5, 0.6) is 0 Å². The Morgan fingerprint density at radius 2 is 0.638 bits per heavy atom. The van der Waals surface area contributed by atoms with E-state index in [0.717, 1.165) is 55.8 Å². The van der Waals surface area contributed by atoms with E-state index in [1.54, 1.807) is 0 Å². The molecule has 0 amide bonds. The summed E-state index contributed by atoms with van der Waals surface area (Å²) in [5.74, 6) is 1.85. The first-order valence-corrected chi connectivity index (χ1v) is 24.1. The van der Waals surface area contributed by atoms with Gasteiger partial charge in [-0.15, -0.1) is 11.3 Å². The molecule has 0 aliphatic rings. The minimum atomic E-state index is 0.610. The molecule has 0 spiro atoms. The van der Waals surface area contributed by atoms with Gasteiger partial charge in [0.05, 0.1) is 31.5 Å². The van der Waals surface area contributed by atoms with Crippen molar-refractivity contribution in [3.05, 3.63) is 237 Å². The van der Waals surface area contributed by atoms with E-state index in [1.165, 1.54) is 58.3 Å². The fourth-order valence-electron chi connectivity index (χ4n) is 10.5. The van der Waals surface area contributed by atoms with Crippen molar-refractivity contribution in [3.8, 4) is 67.8 Å². The summed E-state index contributed by atoms with van der Waals surface area (Å²) < 4.78 is 7.45. The van der Waals surface area contributed by atoms with Crippen LogP contribution in [0.1, 0.15) is 0 Å². The Morgan fingerprint density at radius 3 is 1.13 bits per heavy atom. The number of aromatic nitrogens is 5. The predicted octanol–water partition coefficient (Wildman–Crippen LogP) is 16.8. The molecule has 14 aromatic rings. The minimum Gasteiger partial charge on any atom is -0.308 e. The van der Waals surface area contributed by atoms with Crippen molar-refractivity contribution in [1.29, 1.82) is 0 Å². The van der Waals surface area contributed by atoms with Crippen LogP contribution in [0.25, 0.3) is 132 Å². The first-order chi connectivity index (χ1) is 34.2. The third-order valence-electron chi connectivity index (χ3n) is 13.6. The molecule has 6 heteroatoms. The Labute approximate surface area is 401 Å². The molecule has 0 bridgehead atoms. The van der Waals surface area contributed by atoms with E-state index in [1.807, 2.05) is 23.5 Å². The number of rotatable bonds is 7. The van der Waals surface area contributed by atoms with E-state index in [2.05, 4.69) is 234 Å². The molecule has 0 fully saturated rings. The highest BCUT2D eigenvalue weighted by molar-refractivity contribution is 7.27. The van der Waals surface area contributed by atoms with E-state index in [4.69, 9.17) is 15.0 Å². The van der Waals surface area contributed by atoms with E-state index < -0.39 is 0 Å². The summed E-state index contributed by atoms with van der Waals surface area (Å²) in [7, 11) is 0. The van der Waals surface area contributed by atoms with Gasteiger partial charge in [0.2, 0.25) is 0 Å². The van der Waals surface area contributed by atoms with Gasteiger partial charge in [0.1, 0.15) is 0 Å². The van der Waals surface area contributed by atoms with Gasteiger partial charge >= 0.3 is 0 Å². The van der Waals surface area contributed by atoms with Crippen LogP contribution in [0.4, 0.5) is 0 Å². The zero-order chi connectivity index (χ0) is 45.4. The zero-order valence-corrected chi connectivity index (χ0v) is 38.0. The Balaban J connectivity index is 0.970. The van der Waals surface area contributed by atoms with Gasteiger partial charge in [0.25, 0.3) is 0 Å². The summed E-state index contributed by atoms with van der Waals surface area (Å²) in [5, 5.41) is 7.49. The normalized spacial score (nSPS) is 11.8. The zero-order valence-electron chi connectivity index (χ0n) is 37.2. The Hall–Kier alpha value is -8.97. The van der Waals surface area contributed by atoms with Crippen molar-refractivity contribution in [1.82, 2.24) is 24.1 Å². The first kappa shape index (κ1) is 39.2. The second-order valence-electron chi connectivity index (χ2n) is 17.5. The Kier molecular flexibility index (Phi) is 9.00. The first-order valence-electron chi connectivity index (χ1n) is 23.3. The molecule has 0 unspecified atom stereocenters. The summed E-state index contributed by atoms with van der Waals surface area (Å²) in [6.07, 6.45) is 0. The molecule has 0 atom stereocenters. The van der Waals surface area contributed by atoms with Gasteiger partial charge in [-0.05, 0) is 70.8 Å². The minimum absolute atomic E-state index is 0.610. The average molecular weight is 898 g/mol. The third-order valence-corrected chi connectivity index (χ3v) is 14.8. The van der Waals surface area contributed by atoms with Gasteiger partial charge in [-0.3, -0.25) is 0 Å². The molecule has 69 heavy (non-hydrogen) atoms. The Bertz CT molecular complexity index is 4180. The largest absolute Gasteiger partial charge is 0.308 e. The van der Waals surface area contributed by atoms with Crippen LogP contribution >= 0.6 is 11.3 Å². The van der Waals surface area contributed by atoms with Gasteiger partial charge < -0.3 is 9.13 Å². The highest BCUT2D eigenvalue weighted by atomic mass is 32.1. The summed E-state index contributed by atoms with van der Waals surface area (Å²) in [6, 6.07) is 84.1. The van der Waals surface area contributed by atoms with Crippen LogP contribution in [0.2, 0.25) is 0 Å². The Morgan fingerprint density at radius 1 is 0.261 bits per heavy atom. The predicted molar refractivity (Wildman–Crippen MR) is 289 cm³/mol. The van der Waals surface area contributed by atoms with Crippen molar-refractivity contribution in [3.63, 3.8) is 0 Å². The number of thiophene rings is 1. The van der Waals surface area contributed by atoms with Gasteiger partial charge in [-0.1, -0.05) is 188 Å². The molecule has 0 N–H and O–H groups in total. The van der Waals surface area contributed by atoms with Gasteiger partial charge in [0.15, 0.2) is 17.5 Å². The number of hydrogen-bond acceptors (Lipinski definition) is 4. The van der Waals surface area contributed by atoms with Crippen LogP contribution < -0.4 is 0 Å². The molecule has 14 rings (SSSR count). The number of para-hydroxylation sites is 3. The van der Waals surface area contributed by atoms with Crippen molar-refractivity contribution in [2.45, 2.75) is 0 Å². The third kappa shape index (κ3) is 6.27.